The predicted molar refractivity (Wildman–Crippen MR) is 67.3 cm³/mol. The van der Waals surface area contributed by atoms with Gasteiger partial charge in [-0.1, -0.05) is 6.42 Å². The molecule has 1 aliphatic carbocycles. The molecule has 1 aromatic heterocycles. The maximum absolute atomic E-state index is 10.8. The lowest BCUT2D eigenvalue weighted by atomic mass is 9.87. The van der Waals surface area contributed by atoms with Crippen molar-refractivity contribution in [3.63, 3.8) is 0 Å². The third-order valence-electron chi connectivity index (χ3n) is 3.30. The molecule has 1 aromatic rings. The molecule has 0 bridgehead atoms. The highest BCUT2D eigenvalue weighted by Gasteiger charge is 2.21. The molecule has 1 fully saturated rings. The van der Waals surface area contributed by atoms with E-state index in [2.05, 4.69) is 10.3 Å². The van der Waals surface area contributed by atoms with Gasteiger partial charge in [0.1, 0.15) is 11.9 Å². The lowest BCUT2D eigenvalue weighted by Crippen LogP contribution is -2.25. The van der Waals surface area contributed by atoms with Crippen molar-refractivity contribution in [2.24, 2.45) is 5.92 Å². The molecule has 1 saturated carbocycles. The molecule has 0 radical (unpaired) electrons. The second-order valence-electron chi connectivity index (χ2n) is 4.70. The van der Waals surface area contributed by atoms with Gasteiger partial charge in [-0.2, -0.15) is 0 Å². The molecule has 6 heteroatoms. The average molecular weight is 251 g/mol. The second-order valence-corrected chi connectivity index (χ2v) is 4.70. The van der Waals surface area contributed by atoms with Crippen LogP contribution in [0.1, 0.15) is 25.7 Å². The fourth-order valence-corrected chi connectivity index (χ4v) is 2.38. The molecule has 2 rings (SSSR count). The summed E-state index contributed by atoms with van der Waals surface area (Å²) in [5, 5.41) is 23.4. The molecule has 6 nitrogen and oxygen atoms in total. The van der Waals surface area contributed by atoms with Gasteiger partial charge in [-0.3, -0.25) is 0 Å². The van der Waals surface area contributed by atoms with Crippen LogP contribution in [0.25, 0.3) is 0 Å². The zero-order valence-electron chi connectivity index (χ0n) is 10.1. The predicted octanol–water partition coefficient (Wildman–Crippen LogP) is 1.95. The highest BCUT2D eigenvalue weighted by molar-refractivity contribution is 5.56. The summed E-state index contributed by atoms with van der Waals surface area (Å²) in [4.78, 5) is 14.0. The minimum Gasteiger partial charge on any atom is -0.393 e. The molecule has 2 atom stereocenters. The molecule has 0 saturated heterocycles. The van der Waals surface area contributed by atoms with Crippen molar-refractivity contribution >= 4 is 11.5 Å². The third kappa shape index (κ3) is 3.16. The Bertz CT molecular complexity index is 425. The Balaban J connectivity index is 1.95. The number of rotatable bonds is 4. The quantitative estimate of drug-likeness (QED) is 0.630. The van der Waals surface area contributed by atoms with Crippen molar-refractivity contribution in [2.45, 2.75) is 31.8 Å². The summed E-state index contributed by atoms with van der Waals surface area (Å²) in [5.41, 5.74) is 0.447. The first kappa shape index (κ1) is 12.8. The van der Waals surface area contributed by atoms with Crippen LogP contribution in [0, 0.1) is 16.0 Å². The SMILES string of the molecule is O=[N+]([O-])c1ncccc1NCC1CCCC(O)C1. The molecule has 1 aliphatic rings. The molecule has 1 heterocycles. The van der Waals surface area contributed by atoms with Crippen molar-refractivity contribution < 1.29 is 10.0 Å². The standard InChI is InChI=1S/C12H17N3O3/c16-10-4-1-3-9(7-10)8-14-11-5-2-6-13-12(11)15(17)18/h2,5-6,9-10,14,16H,1,3-4,7-8H2. The van der Waals surface area contributed by atoms with E-state index in [1.165, 1.54) is 6.20 Å². The van der Waals surface area contributed by atoms with Crippen molar-refractivity contribution in [2.75, 3.05) is 11.9 Å². The minimum atomic E-state index is -0.488. The monoisotopic (exact) mass is 251 g/mol. The van der Waals surface area contributed by atoms with Gasteiger partial charge in [-0.15, -0.1) is 0 Å². The molecule has 0 spiro atoms. The first-order chi connectivity index (χ1) is 8.66. The van der Waals surface area contributed by atoms with Gasteiger partial charge in [0.2, 0.25) is 0 Å². The van der Waals surface area contributed by atoms with Crippen molar-refractivity contribution in [1.82, 2.24) is 4.98 Å². The van der Waals surface area contributed by atoms with E-state index in [-0.39, 0.29) is 11.9 Å². The van der Waals surface area contributed by atoms with Crippen molar-refractivity contribution in [3.8, 4) is 0 Å². The number of aliphatic hydroxyl groups excluding tert-OH is 1. The average Bonchev–Trinajstić information content (AvgIpc) is 2.37. The molecule has 98 valence electrons. The first-order valence-corrected chi connectivity index (χ1v) is 6.18. The van der Waals surface area contributed by atoms with E-state index in [1.807, 2.05) is 0 Å². The van der Waals surface area contributed by atoms with Crippen LogP contribution in [0.2, 0.25) is 0 Å². The van der Waals surface area contributed by atoms with Crippen LogP contribution in [-0.4, -0.2) is 27.7 Å². The molecule has 2 N–H and O–H groups in total. The first-order valence-electron chi connectivity index (χ1n) is 6.18. The molecule has 0 amide bonds. The number of hydrogen-bond donors (Lipinski definition) is 2. The minimum absolute atomic E-state index is 0.145. The normalized spacial score (nSPS) is 23.6. The summed E-state index contributed by atoms with van der Waals surface area (Å²) in [6, 6.07) is 3.33. The summed E-state index contributed by atoms with van der Waals surface area (Å²) in [7, 11) is 0. The molecule has 2 unspecified atom stereocenters. The number of aromatic nitrogens is 1. The van der Waals surface area contributed by atoms with Crippen LogP contribution in [0.4, 0.5) is 11.5 Å². The smallest absolute Gasteiger partial charge is 0.386 e. The fourth-order valence-electron chi connectivity index (χ4n) is 2.38. The number of aliphatic hydroxyl groups is 1. The highest BCUT2D eigenvalue weighted by atomic mass is 16.6. The van der Waals surface area contributed by atoms with E-state index in [0.717, 1.165) is 25.7 Å². The Morgan fingerprint density at radius 2 is 2.39 bits per heavy atom. The van der Waals surface area contributed by atoms with Crippen LogP contribution in [0.3, 0.4) is 0 Å². The summed E-state index contributed by atoms with van der Waals surface area (Å²) in [6.07, 6.45) is 4.88. The molecular formula is C12H17N3O3. The van der Waals surface area contributed by atoms with E-state index < -0.39 is 4.92 Å². The molecular weight excluding hydrogens is 234 g/mol. The molecule has 18 heavy (non-hydrogen) atoms. The van der Waals surface area contributed by atoms with E-state index in [0.29, 0.717) is 18.2 Å². The van der Waals surface area contributed by atoms with Gasteiger partial charge in [0.05, 0.1) is 6.10 Å². The number of nitrogens with zero attached hydrogens (tertiary/aromatic N) is 2. The topological polar surface area (TPSA) is 88.3 Å². The van der Waals surface area contributed by atoms with Crippen molar-refractivity contribution in [1.29, 1.82) is 0 Å². The third-order valence-corrected chi connectivity index (χ3v) is 3.30. The molecule has 0 aromatic carbocycles. The van der Waals surface area contributed by atoms with Crippen LogP contribution in [0.5, 0.6) is 0 Å². The van der Waals surface area contributed by atoms with Crippen LogP contribution < -0.4 is 5.32 Å². The zero-order chi connectivity index (χ0) is 13.0. The van der Waals surface area contributed by atoms with Gasteiger partial charge in [0.15, 0.2) is 0 Å². The maximum Gasteiger partial charge on any atom is 0.386 e. The largest absolute Gasteiger partial charge is 0.393 e. The number of anilines is 1. The summed E-state index contributed by atoms with van der Waals surface area (Å²) in [5.74, 6) is 0.224. The lowest BCUT2D eigenvalue weighted by Gasteiger charge is -2.26. The fraction of sp³-hybridized carbons (Fsp3) is 0.583. The maximum atomic E-state index is 10.8. The van der Waals surface area contributed by atoms with Crippen LogP contribution >= 0.6 is 0 Å². The Morgan fingerprint density at radius 1 is 1.56 bits per heavy atom. The van der Waals surface area contributed by atoms with Gasteiger partial charge >= 0.3 is 5.82 Å². The molecule has 0 aliphatic heterocycles. The lowest BCUT2D eigenvalue weighted by molar-refractivity contribution is -0.388. The van der Waals surface area contributed by atoms with Gasteiger partial charge in [0.25, 0.3) is 0 Å². The van der Waals surface area contributed by atoms with Crippen LogP contribution in [0.15, 0.2) is 18.3 Å². The number of nitrogens with one attached hydrogen (secondary N) is 1. The zero-order valence-corrected chi connectivity index (χ0v) is 10.1. The number of nitro groups is 1. The summed E-state index contributed by atoms with van der Waals surface area (Å²) in [6.45, 7) is 0.642. The highest BCUT2D eigenvalue weighted by Crippen LogP contribution is 2.26. The number of pyridine rings is 1. The summed E-state index contributed by atoms with van der Waals surface area (Å²) < 4.78 is 0. The second kappa shape index (κ2) is 5.77. The van der Waals surface area contributed by atoms with Gasteiger partial charge in [-0.05, 0) is 47.2 Å². The van der Waals surface area contributed by atoms with E-state index in [4.69, 9.17) is 0 Å². The van der Waals surface area contributed by atoms with Gasteiger partial charge < -0.3 is 20.5 Å². The Labute approximate surface area is 105 Å². The van der Waals surface area contributed by atoms with Crippen LogP contribution in [-0.2, 0) is 0 Å². The summed E-state index contributed by atoms with van der Waals surface area (Å²) >= 11 is 0. The number of hydrogen-bond acceptors (Lipinski definition) is 5. The van der Waals surface area contributed by atoms with Gasteiger partial charge in [-0.25, -0.2) is 0 Å². The van der Waals surface area contributed by atoms with Gasteiger partial charge in [0, 0.05) is 6.54 Å². The Morgan fingerprint density at radius 3 is 3.11 bits per heavy atom. The van der Waals surface area contributed by atoms with Crippen molar-refractivity contribution in [3.05, 3.63) is 28.4 Å². The van der Waals surface area contributed by atoms with E-state index in [9.17, 15) is 15.2 Å². The Hall–Kier alpha value is -1.69. The Kier molecular flexibility index (Phi) is 4.09. The van der Waals surface area contributed by atoms with E-state index in [1.54, 1.807) is 12.1 Å². The van der Waals surface area contributed by atoms with E-state index >= 15 is 0 Å².